The van der Waals surface area contributed by atoms with Crippen molar-refractivity contribution in [3.05, 3.63) is 29.0 Å². The van der Waals surface area contributed by atoms with E-state index in [0.29, 0.717) is 0 Å². The minimum atomic E-state index is -0.508. The quantitative estimate of drug-likeness (QED) is 0.897. The highest BCUT2D eigenvalue weighted by molar-refractivity contribution is 7.13. The van der Waals surface area contributed by atoms with Crippen LogP contribution in [-0.4, -0.2) is 26.9 Å². The lowest BCUT2D eigenvalue weighted by atomic mass is 10.3. The summed E-state index contributed by atoms with van der Waals surface area (Å²) >= 11 is 1.54. The van der Waals surface area contributed by atoms with E-state index < -0.39 is 6.10 Å². The normalized spacial score (nSPS) is 12.7. The molecule has 2 aromatic rings. The van der Waals surface area contributed by atoms with Crippen LogP contribution in [0.25, 0.3) is 0 Å². The number of aliphatic hydroxyl groups is 1. The molecule has 17 heavy (non-hydrogen) atoms. The van der Waals surface area contributed by atoms with E-state index in [1.807, 2.05) is 36.8 Å². The van der Waals surface area contributed by atoms with Gasteiger partial charge in [0, 0.05) is 37.8 Å². The SMILES string of the molecule is CC(O)c1csc(N(C)Cc2cnn(C)c2)n1. The maximum absolute atomic E-state index is 9.42. The molecule has 0 spiro atoms. The average molecular weight is 252 g/mol. The molecule has 92 valence electrons. The van der Waals surface area contributed by atoms with Gasteiger partial charge in [0.15, 0.2) is 5.13 Å². The van der Waals surface area contributed by atoms with Crippen molar-refractivity contribution in [2.75, 3.05) is 11.9 Å². The van der Waals surface area contributed by atoms with E-state index in [0.717, 1.165) is 22.9 Å². The molecule has 1 unspecified atom stereocenters. The number of nitrogens with zero attached hydrogens (tertiary/aromatic N) is 4. The first kappa shape index (κ1) is 12.1. The predicted molar refractivity (Wildman–Crippen MR) is 68.1 cm³/mol. The topological polar surface area (TPSA) is 54.2 Å². The first-order valence-corrected chi connectivity index (χ1v) is 6.26. The van der Waals surface area contributed by atoms with E-state index in [-0.39, 0.29) is 0 Å². The summed E-state index contributed by atoms with van der Waals surface area (Å²) in [7, 11) is 3.89. The van der Waals surface area contributed by atoms with Crippen LogP contribution in [0.1, 0.15) is 24.3 Å². The standard InChI is InChI=1S/C11H16N4OS/c1-8(16)10-7-17-11(13-10)14(2)5-9-4-12-15(3)6-9/h4,6-8,16H,5H2,1-3H3. The molecule has 6 heteroatoms. The van der Waals surface area contributed by atoms with Crippen molar-refractivity contribution in [3.63, 3.8) is 0 Å². The van der Waals surface area contributed by atoms with E-state index in [4.69, 9.17) is 0 Å². The molecular formula is C11H16N4OS. The van der Waals surface area contributed by atoms with Gasteiger partial charge in [-0.15, -0.1) is 11.3 Å². The zero-order chi connectivity index (χ0) is 12.4. The van der Waals surface area contributed by atoms with Crippen LogP contribution < -0.4 is 4.90 Å². The van der Waals surface area contributed by atoms with Crippen LogP contribution in [0.2, 0.25) is 0 Å². The summed E-state index contributed by atoms with van der Waals surface area (Å²) in [5.41, 5.74) is 1.87. The molecule has 0 aromatic carbocycles. The van der Waals surface area contributed by atoms with Crippen LogP contribution in [-0.2, 0) is 13.6 Å². The number of thiazole rings is 1. The van der Waals surface area contributed by atoms with Crippen molar-refractivity contribution in [1.82, 2.24) is 14.8 Å². The van der Waals surface area contributed by atoms with Crippen molar-refractivity contribution in [1.29, 1.82) is 0 Å². The molecule has 0 bridgehead atoms. The predicted octanol–water partition coefficient (Wildman–Crippen LogP) is 1.57. The van der Waals surface area contributed by atoms with Gasteiger partial charge in [0.1, 0.15) is 0 Å². The molecule has 0 amide bonds. The molecule has 0 saturated heterocycles. The molecule has 2 rings (SSSR count). The van der Waals surface area contributed by atoms with Gasteiger partial charge < -0.3 is 10.0 Å². The van der Waals surface area contributed by atoms with Crippen molar-refractivity contribution in [3.8, 4) is 0 Å². The number of anilines is 1. The van der Waals surface area contributed by atoms with Crippen molar-refractivity contribution >= 4 is 16.5 Å². The maximum Gasteiger partial charge on any atom is 0.185 e. The van der Waals surface area contributed by atoms with Gasteiger partial charge in [0.2, 0.25) is 0 Å². The van der Waals surface area contributed by atoms with Gasteiger partial charge in [-0.2, -0.15) is 5.10 Å². The molecule has 2 heterocycles. The van der Waals surface area contributed by atoms with Gasteiger partial charge in [-0.1, -0.05) is 0 Å². The summed E-state index contributed by atoms with van der Waals surface area (Å²) in [6.45, 7) is 2.49. The van der Waals surface area contributed by atoms with Crippen LogP contribution in [0, 0.1) is 0 Å². The third-order valence-corrected chi connectivity index (χ3v) is 3.42. The molecule has 1 N–H and O–H groups in total. The lowest BCUT2D eigenvalue weighted by Gasteiger charge is -2.14. The fourth-order valence-corrected chi connectivity index (χ4v) is 2.42. The highest BCUT2D eigenvalue weighted by atomic mass is 32.1. The fraction of sp³-hybridized carbons (Fsp3) is 0.455. The summed E-state index contributed by atoms with van der Waals surface area (Å²) in [6.07, 6.45) is 3.33. The molecule has 0 radical (unpaired) electrons. The van der Waals surface area contributed by atoms with Crippen LogP contribution in [0.4, 0.5) is 5.13 Å². The van der Waals surface area contributed by atoms with Gasteiger partial charge in [-0.05, 0) is 6.92 Å². The Balaban J connectivity index is 2.06. The Morgan fingerprint density at radius 2 is 2.35 bits per heavy atom. The number of aryl methyl sites for hydroxylation is 1. The summed E-state index contributed by atoms with van der Waals surface area (Å²) in [4.78, 5) is 6.43. The van der Waals surface area contributed by atoms with E-state index >= 15 is 0 Å². The Hall–Kier alpha value is -1.40. The average Bonchev–Trinajstić information content (AvgIpc) is 2.86. The second-order valence-electron chi connectivity index (χ2n) is 4.11. The van der Waals surface area contributed by atoms with Crippen LogP contribution >= 0.6 is 11.3 Å². The fourth-order valence-electron chi connectivity index (χ4n) is 1.54. The zero-order valence-electron chi connectivity index (χ0n) is 10.2. The second-order valence-corrected chi connectivity index (χ2v) is 4.95. The maximum atomic E-state index is 9.42. The van der Waals surface area contributed by atoms with Gasteiger partial charge in [-0.25, -0.2) is 4.98 Å². The largest absolute Gasteiger partial charge is 0.387 e. The number of rotatable bonds is 4. The molecule has 2 aromatic heterocycles. The first-order valence-electron chi connectivity index (χ1n) is 5.38. The molecule has 5 nitrogen and oxygen atoms in total. The lowest BCUT2D eigenvalue weighted by Crippen LogP contribution is -2.15. The minimum Gasteiger partial charge on any atom is -0.387 e. The van der Waals surface area contributed by atoms with Gasteiger partial charge in [0.05, 0.1) is 18.0 Å². The van der Waals surface area contributed by atoms with Gasteiger partial charge in [-0.3, -0.25) is 4.68 Å². The third-order valence-electron chi connectivity index (χ3n) is 2.44. The number of aromatic nitrogens is 3. The molecule has 0 saturated carbocycles. The Morgan fingerprint density at radius 3 is 2.88 bits per heavy atom. The monoisotopic (exact) mass is 252 g/mol. The van der Waals surface area contributed by atoms with Crippen LogP contribution in [0.5, 0.6) is 0 Å². The minimum absolute atomic E-state index is 0.508. The number of aliphatic hydroxyl groups excluding tert-OH is 1. The van der Waals surface area contributed by atoms with Gasteiger partial charge >= 0.3 is 0 Å². The Bertz CT molecular complexity index is 491. The molecule has 1 atom stereocenters. The van der Waals surface area contributed by atoms with Crippen molar-refractivity contribution in [2.45, 2.75) is 19.6 Å². The molecular weight excluding hydrogens is 236 g/mol. The summed E-state index contributed by atoms with van der Waals surface area (Å²) in [5, 5.41) is 16.3. The van der Waals surface area contributed by atoms with E-state index in [2.05, 4.69) is 10.1 Å². The Labute approximate surface area is 104 Å². The smallest absolute Gasteiger partial charge is 0.185 e. The highest BCUT2D eigenvalue weighted by Gasteiger charge is 2.11. The molecule has 0 aliphatic carbocycles. The van der Waals surface area contributed by atoms with Gasteiger partial charge in [0.25, 0.3) is 0 Å². The second kappa shape index (κ2) is 4.85. The Morgan fingerprint density at radius 1 is 1.59 bits per heavy atom. The van der Waals surface area contributed by atoms with E-state index in [9.17, 15) is 5.11 Å². The van der Waals surface area contributed by atoms with Crippen molar-refractivity contribution in [2.24, 2.45) is 7.05 Å². The number of hydrogen-bond acceptors (Lipinski definition) is 5. The third kappa shape index (κ3) is 2.83. The van der Waals surface area contributed by atoms with Crippen LogP contribution in [0.3, 0.4) is 0 Å². The summed E-state index contributed by atoms with van der Waals surface area (Å²) in [6, 6.07) is 0. The first-order chi connectivity index (χ1) is 8.06. The lowest BCUT2D eigenvalue weighted by molar-refractivity contribution is 0.195. The van der Waals surface area contributed by atoms with E-state index in [1.165, 1.54) is 11.3 Å². The summed E-state index contributed by atoms with van der Waals surface area (Å²) < 4.78 is 1.78. The van der Waals surface area contributed by atoms with Crippen molar-refractivity contribution < 1.29 is 5.11 Å². The Kier molecular flexibility index (Phi) is 3.44. The summed E-state index contributed by atoms with van der Waals surface area (Å²) in [5.74, 6) is 0. The number of hydrogen-bond donors (Lipinski definition) is 1. The zero-order valence-corrected chi connectivity index (χ0v) is 11.0. The van der Waals surface area contributed by atoms with E-state index in [1.54, 1.807) is 11.6 Å². The van der Waals surface area contributed by atoms with Crippen LogP contribution in [0.15, 0.2) is 17.8 Å². The molecule has 0 aliphatic rings. The highest BCUT2D eigenvalue weighted by Crippen LogP contribution is 2.24. The molecule has 0 fully saturated rings. The molecule has 0 aliphatic heterocycles.